The Labute approximate surface area is 83.3 Å². The van der Waals surface area contributed by atoms with Gasteiger partial charge < -0.3 is 10.1 Å². The maximum atomic E-state index is 13.2. The molecule has 1 aromatic heterocycles. The standard InChI is InChI=1S/C10H15FN2O/c1-12-8(7-14-2)6-10-9(11)4-3-5-13-10/h3-5,8,12H,6-7H2,1-2H3. The Hall–Kier alpha value is -1.00. The fraction of sp³-hybridized carbons (Fsp3) is 0.500. The van der Waals surface area contributed by atoms with Crippen LogP contribution in [0.5, 0.6) is 0 Å². The van der Waals surface area contributed by atoms with Gasteiger partial charge in [-0.15, -0.1) is 0 Å². The summed E-state index contributed by atoms with van der Waals surface area (Å²) in [5.74, 6) is -0.260. The van der Waals surface area contributed by atoms with Gasteiger partial charge in [0.2, 0.25) is 0 Å². The zero-order chi connectivity index (χ0) is 10.4. The molecule has 1 rings (SSSR count). The predicted octanol–water partition coefficient (Wildman–Crippen LogP) is 0.998. The summed E-state index contributed by atoms with van der Waals surface area (Å²) in [6.45, 7) is 0.548. The zero-order valence-electron chi connectivity index (χ0n) is 8.46. The molecule has 0 spiro atoms. The van der Waals surface area contributed by atoms with Crippen LogP contribution in [0.3, 0.4) is 0 Å². The second kappa shape index (κ2) is 5.67. The molecule has 1 aromatic rings. The van der Waals surface area contributed by atoms with E-state index in [1.807, 2.05) is 7.05 Å². The minimum absolute atomic E-state index is 0.101. The summed E-state index contributed by atoms with van der Waals surface area (Å²) < 4.78 is 18.2. The summed E-state index contributed by atoms with van der Waals surface area (Å²) in [5, 5.41) is 3.05. The smallest absolute Gasteiger partial charge is 0.144 e. The highest BCUT2D eigenvalue weighted by molar-refractivity contribution is 5.08. The molecule has 0 aliphatic rings. The Kier molecular flexibility index (Phi) is 4.49. The first kappa shape index (κ1) is 11.1. The SMILES string of the molecule is CNC(COC)Cc1ncccc1F. The molecule has 4 heteroatoms. The van der Waals surface area contributed by atoms with Crippen molar-refractivity contribution in [1.82, 2.24) is 10.3 Å². The van der Waals surface area contributed by atoms with Crippen LogP contribution in [0.2, 0.25) is 0 Å². The van der Waals surface area contributed by atoms with Crippen molar-refractivity contribution in [3.63, 3.8) is 0 Å². The molecule has 1 unspecified atom stereocenters. The molecule has 0 saturated heterocycles. The lowest BCUT2D eigenvalue weighted by Gasteiger charge is -2.14. The molecule has 14 heavy (non-hydrogen) atoms. The van der Waals surface area contributed by atoms with Gasteiger partial charge in [-0.05, 0) is 19.2 Å². The van der Waals surface area contributed by atoms with E-state index in [1.54, 1.807) is 19.4 Å². The molecule has 0 saturated carbocycles. The third-order valence-electron chi connectivity index (χ3n) is 2.05. The lowest BCUT2D eigenvalue weighted by molar-refractivity contribution is 0.168. The average molecular weight is 198 g/mol. The topological polar surface area (TPSA) is 34.1 Å². The number of nitrogens with one attached hydrogen (secondary N) is 1. The minimum Gasteiger partial charge on any atom is -0.383 e. The van der Waals surface area contributed by atoms with E-state index in [2.05, 4.69) is 10.3 Å². The Balaban J connectivity index is 2.62. The summed E-state index contributed by atoms with van der Waals surface area (Å²) >= 11 is 0. The first-order valence-corrected chi connectivity index (χ1v) is 4.53. The number of hydrogen-bond acceptors (Lipinski definition) is 3. The Morgan fingerprint density at radius 2 is 2.43 bits per heavy atom. The van der Waals surface area contributed by atoms with Crippen molar-refractivity contribution in [3.8, 4) is 0 Å². The van der Waals surface area contributed by atoms with E-state index in [0.717, 1.165) is 0 Å². The Morgan fingerprint density at radius 1 is 1.64 bits per heavy atom. The highest BCUT2D eigenvalue weighted by Gasteiger charge is 2.10. The molecule has 0 fully saturated rings. The van der Waals surface area contributed by atoms with E-state index in [1.165, 1.54) is 6.07 Å². The second-order valence-electron chi connectivity index (χ2n) is 3.08. The lowest BCUT2D eigenvalue weighted by Crippen LogP contribution is -2.32. The van der Waals surface area contributed by atoms with Crippen molar-refractivity contribution in [1.29, 1.82) is 0 Å². The Morgan fingerprint density at radius 3 is 3.00 bits per heavy atom. The number of pyridine rings is 1. The van der Waals surface area contributed by atoms with E-state index < -0.39 is 0 Å². The lowest BCUT2D eigenvalue weighted by atomic mass is 10.1. The van der Waals surface area contributed by atoms with Crippen molar-refractivity contribution >= 4 is 0 Å². The quantitative estimate of drug-likeness (QED) is 0.766. The number of ether oxygens (including phenoxy) is 1. The van der Waals surface area contributed by atoms with E-state index in [4.69, 9.17) is 4.74 Å². The van der Waals surface area contributed by atoms with Crippen molar-refractivity contribution in [3.05, 3.63) is 29.8 Å². The Bertz CT molecular complexity index is 281. The molecule has 0 aliphatic carbocycles. The first-order valence-electron chi connectivity index (χ1n) is 4.53. The highest BCUT2D eigenvalue weighted by Crippen LogP contribution is 2.05. The normalized spacial score (nSPS) is 12.8. The monoisotopic (exact) mass is 198 g/mol. The van der Waals surface area contributed by atoms with Gasteiger partial charge in [-0.3, -0.25) is 4.98 Å². The number of likely N-dealkylation sites (N-methyl/N-ethyl adjacent to an activating group) is 1. The van der Waals surface area contributed by atoms with Crippen LogP contribution in [0, 0.1) is 5.82 Å². The van der Waals surface area contributed by atoms with Crippen molar-refractivity contribution in [2.45, 2.75) is 12.5 Å². The van der Waals surface area contributed by atoms with Crippen LogP contribution >= 0.6 is 0 Å². The fourth-order valence-electron chi connectivity index (χ4n) is 1.25. The van der Waals surface area contributed by atoms with Crippen molar-refractivity contribution in [2.24, 2.45) is 0 Å². The summed E-state index contributed by atoms with van der Waals surface area (Å²) in [6.07, 6.45) is 2.13. The number of nitrogens with zero attached hydrogens (tertiary/aromatic N) is 1. The van der Waals surface area contributed by atoms with E-state index >= 15 is 0 Å². The van der Waals surface area contributed by atoms with Crippen LogP contribution in [0.15, 0.2) is 18.3 Å². The molecule has 0 radical (unpaired) electrons. The molecule has 0 aliphatic heterocycles. The van der Waals surface area contributed by atoms with Gasteiger partial charge in [-0.2, -0.15) is 0 Å². The van der Waals surface area contributed by atoms with Crippen LogP contribution in [0.1, 0.15) is 5.69 Å². The van der Waals surface area contributed by atoms with Gasteiger partial charge in [0, 0.05) is 25.8 Å². The molecule has 3 nitrogen and oxygen atoms in total. The molecule has 0 amide bonds. The first-order chi connectivity index (χ1) is 6.77. The van der Waals surface area contributed by atoms with Crippen LogP contribution in [-0.2, 0) is 11.2 Å². The van der Waals surface area contributed by atoms with Gasteiger partial charge in [0.05, 0.1) is 12.3 Å². The van der Waals surface area contributed by atoms with Crippen LogP contribution < -0.4 is 5.32 Å². The third kappa shape index (κ3) is 3.05. The number of aromatic nitrogens is 1. The molecular weight excluding hydrogens is 183 g/mol. The molecule has 1 heterocycles. The van der Waals surface area contributed by atoms with E-state index in [0.29, 0.717) is 18.7 Å². The van der Waals surface area contributed by atoms with E-state index in [-0.39, 0.29) is 11.9 Å². The maximum absolute atomic E-state index is 13.2. The fourth-order valence-corrected chi connectivity index (χ4v) is 1.25. The summed E-state index contributed by atoms with van der Waals surface area (Å²) in [5.41, 5.74) is 0.476. The predicted molar refractivity (Wildman–Crippen MR) is 52.6 cm³/mol. The van der Waals surface area contributed by atoms with Crippen molar-refractivity contribution in [2.75, 3.05) is 20.8 Å². The van der Waals surface area contributed by atoms with Gasteiger partial charge in [0.25, 0.3) is 0 Å². The van der Waals surface area contributed by atoms with Gasteiger partial charge in [-0.25, -0.2) is 4.39 Å². The van der Waals surface area contributed by atoms with Crippen LogP contribution in [-0.4, -0.2) is 31.8 Å². The minimum atomic E-state index is -0.260. The highest BCUT2D eigenvalue weighted by atomic mass is 19.1. The number of hydrogen-bond donors (Lipinski definition) is 1. The summed E-state index contributed by atoms with van der Waals surface area (Å²) in [7, 11) is 3.45. The van der Waals surface area contributed by atoms with Crippen LogP contribution in [0.25, 0.3) is 0 Å². The molecule has 1 atom stereocenters. The molecule has 78 valence electrons. The molecule has 0 bridgehead atoms. The number of methoxy groups -OCH3 is 1. The van der Waals surface area contributed by atoms with Gasteiger partial charge in [0.1, 0.15) is 5.82 Å². The summed E-state index contributed by atoms with van der Waals surface area (Å²) in [4.78, 5) is 3.98. The van der Waals surface area contributed by atoms with Crippen molar-refractivity contribution < 1.29 is 9.13 Å². The zero-order valence-corrected chi connectivity index (χ0v) is 8.46. The number of rotatable bonds is 5. The van der Waals surface area contributed by atoms with Gasteiger partial charge in [-0.1, -0.05) is 0 Å². The van der Waals surface area contributed by atoms with Crippen LogP contribution in [0.4, 0.5) is 4.39 Å². The summed E-state index contributed by atoms with van der Waals surface area (Å²) in [6, 6.07) is 3.11. The van der Waals surface area contributed by atoms with Gasteiger partial charge in [0.15, 0.2) is 0 Å². The molecular formula is C10H15FN2O. The largest absolute Gasteiger partial charge is 0.383 e. The third-order valence-corrected chi connectivity index (χ3v) is 2.05. The second-order valence-corrected chi connectivity index (χ2v) is 3.08. The van der Waals surface area contributed by atoms with Gasteiger partial charge >= 0.3 is 0 Å². The average Bonchev–Trinajstić information content (AvgIpc) is 2.20. The molecule has 1 N–H and O–H groups in total. The molecule has 0 aromatic carbocycles. The number of halogens is 1. The van der Waals surface area contributed by atoms with E-state index in [9.17, 15) is 4.39 Å². The maximum Gasteiger partial charge on any atom is 0.144 e.